The average molecular weight is 610 g/mol. The molecule has 0 aliphatic carbocycles. The summed E-state index contributed by atoms with van der Waals surface area (Å²) in [7, 11) is 3.44. The van der Waals surface area contributed by atoms with Crippen LogP contribution in [-0.4, -0.2) is 61.2 Å². The highest BCUT2D eigenvalue weighted by molar-refractivity contribution is 9.10. The molecule has 40 heavy (non-hydrogen) atoms. The van der Waals surface area contributed by atoms with Gasteiger partial charge in [0, 0.05) is 38.6 Å². The number of piperidine rings is 1. The highest BCUT2D eigenvalue weighted by Gasteiger charge is 2.39. The molecule has 1 saturated heterocycles. The third kappa shape index (κ3) is 5.94. The van der Waals surface area contributed by atoms with Crippen molar-refractivity contribution in [2.24, 2.45) is 0 Å². The lowest BCUT2D eigenvalue weighted by Gasteiger charge is -2.33. The van der Waals surface area contributed by atoms with Gasteiger partial charge in [-0.1, -0.05) is 18.2 Å². The number of hydrogen-bond acceptors (Lipinski definition) is 8. The van der Waals surface area contributed by atoms with Crippen LogP contribution in [0.15, 0.2) is 47.1 Å². The minimum Gasteiger partial charge on any atom is -0.495 e. The fraction of sp³-hybridized carbons (Fsp3) is 0.433. The number of carbonyl (C=O) groups excluding carboxylic acids is 1. The first-order valence-electron chi connectivity index (χ1n) is 13.7. The maximum absolute atomic E-state index is 12.5. The van der Waals surface area contributed by atoms with Crippen LogP contribution in [0.2, 0.25) is 0 Å². The summed E-state index contributed by atoms with van der Waals surface area (Å²) in [5.41, 5.74) is 4.41. The summed E-state index contributed by atoms with van der Waals surface area (Å²) in [6.07, 6.45) is 4.06. The topological polar surface area (TPSA) is 101 Å². The monoisotopic (exact) mass is 608 g/mol. The number of benzene rings is 2. The molecule has 2 aliphatic rings. The summed E-state index contributed by atoms with van der Waals surface area (Å²) in [4.78, 5) is 24.1. The van der Waals surface area contributed by atoms with Crippen molar-refractivity contribution in [2.45, 2.75) is 44.6 Å². The van der Waals surface area contributed by atoms with Crippen molar-refractivity contribution in [1.82, 2.24) is 14.9 Å². The molecule has 0 saturated carbocycles. The van der Waals surface area contributed by atoms with E-state index in [2.05, 4.69) is 53.9 Å². The van der Waals surface area contributed by atoms with E-state index < -0.39 is 5.41 Å². The standard InChI is InChI=1S/C30H37BrN6O3/c1-30(2)26-20(7-5-9-24(26)34-28(30)38)16-32-27-22(31)17-33-29(36-27)35-23-11-10-19(15-25(23)40-4)21-8-6-12-37(18-21)13-14-39-3/h5,7,9-11,15,17,21H,6,8,12-14,16,18H2,1-4H3,(H,34,38)(H2,32,33,35,36). The van der Waals surface area contributed by atoms with Crippen LogP contribution >= 0.6 is 15.9 Å². The average Bonchev–Trinajstić information content (AvgIpc) is 3.20. The minimum atomic E-state index is -0.591. The Bertz CT molecular complexity index is 1380. The zero-order chi connectivity index (χ0) is 28.3. The van der Waals surface area contributed by atoms with Crippen molar-refractivity contribution in [3.63, 3.8) is 0 Å². The van der Waals surface area contributed by atoms with E-state index in [1.807, 2.05) is 38.1 Å². The number of amides is 1. The van der Waals surface area contributed by atoms with Crippen LogP contribution in [-0.2, 0) is 21.5 Å². The van der Waals surface area contributed by atoms with Gasteiger partial charge in [0.1, 0.15) is 11.6 Å². The summed E-state index contributed by atoms with van der Waals surface area (Å²) < 4.78 is 11.8. The van der Waals surface area contributed by atoms with Crippen molar-refractivity contribution < 1.29 is 14.3 Å². The van der Waals surface area contributed by atoms with E-state index in [0.717, 1.165) is 65.4 Å². The first kappa shape index (κ1) is 28.3. The van der Waals surface area contributed by atoms with Gasteiger partial charge in [0.15, 0.2) is 0 Å². The summed E-state index contributed by atoms with van der Waals surface area (Å²) in [6.45, 7) is 8.27. The van der Waals surface area contributed by atoms with E-state index in [-0.39, 0.29) is 5.91 Å². The minimum absolute atomic E-state index is 0.0107. The molecule has 1 fully saturated rings. The van der Waals surface area contributed by atoms with E-state index in [0.29, 0.717) is 24.2 Å². The third-order valence-electron chi connectivity index (χ3n) is 7.84. The Morgan fingerprint density at radius 2 is 2.08 bits per heavy atom. The molecule has 9 nitrogen and oxygen atoms in total. The normalized spacial score (nSPS) is 18.2. The molecule has 3 aromatic rings. The van der Waals surface area contributed by atoms with Crippen molar-refractivity contribution in [2.75, 3.05) is 56.4 Å². The molecule has 1 atom stereocenters. The molecule has 0 spiro atoms. The Morgan fingerprint density at radius 1 is 1.23 bits per heavy atom. The van der Waals surface area contributed by atoms with Gasteiger partial charge in [0.25, 0.3) is 0 Å². The summed E-state index contributed by atoms with van der Waals surface area (Å²) in [5, 5.41) is 9.73. The predicted molar refractivity (Wildman–Crippen MR) is 162 cm³/mol. The van der Waals surface area contributed by atoms with Crippen LogP contribution < -0.4 is 20.7 Å². The van der Waals surface area contributed by atoms with Crippen molar-refractivity contribution >= 4 is 45.0 Å². The molecule has 212 valence electrons. The predicted octanol–water partition coefficient (Wildman–Crippen LogP) is 5.66. The molecule has 2 aliphatic heterocycles. The molecular formula is C30H37BrN6O3. The number of nitrogens with zero attached hydrogens (tertiary/aromatic N) is 3. The molecule has 1 amide bonds. The second-order valence-corrected chi connectivity index (χ2v) is 11.7. The Balaban J connectivity index is 1.30. The Kier molecular flexibility index (Phi) is 8.58. The number of anilines is 4. The van der Waals surface area contributed by atoms with Crippen LogP contribution in [0, 0.1) is 0 Å². The van der Waals surface area contributed by atoms with E-state index in [9.17, 15) is 4.79 Å². The molecule has 1 aromatic heterocycles. The van der Waals surface area contributed by atoms with Gasteiger partial charge in [0.2, 0.25) is 11.9 Å². The quantitative estimate of drug-likeness (QED) is 0.271. The lowest BCUT2D eigenvalue weighted by Crippen LogP contribution is -2.36. The molecule has 10 heteroatoms. The summed E-state index contributed by atoms with van der Waals surface area (Å²) >= 11 is 3.57. The number of methoxy groups -OCH3 is 2. The smallest absolute Gasteiger partial charge is 0.234 e. The first-order valence-corrected chi connectivity index (χ1v) is 14.5. The van der Waals surface area contributed by atoms with Gasteiger partial charge in [0.05, 0.1) is 29.3 Å². The molecule has 0 radical (unpaired) electrons. The third-order valence-corrected chi connectivity index (χ3v) is 8.42. The van der Waals surface area contributed by atoms with Crippen LogP contribution in [0.1, 0.15) is 49.3 Å². The van der Waals surface area contributed by atoms with Crippen molar-refractivity contribution in [3.8, 4) is 5.75 Å². The first-order chi connectivity index (χ1) is 19.3. The van der Waals surface area contributed by atoms with Gasteiger partial charge in [-0.3, -0.25) is 4.79 Å². The number of aromatic nitrogens is 2. The second-order valence-electron chi connectivity index (χ2n) is 10.9. The van der Waals surface area contributed by atoms with Gasteiger partial charge >= 0.3 is 0 Å². The number of halogens is 1. The number of likely N-dealkylation sites (tertiary alicyclic amines) is 1. The summed E-state index contributed by atoms with van der Waals surface area (Å²) in [6, 6.07) is 12.3. The zero-order valence-electron chi connectivity index (χ0n) is 23.5. The fourth-order valence-corrected chi connectivity index (χ4v) is 5.98. The number of nitrogens with one attached hydrogen (secondary N) is 3. The maximum Gasteiger partial charge on any atom is 0.234 e. The number of ether oxygens (including phenoxy) is 2. The molecule has 2 aromatic carbocycles. The Hall–Kier alpha value is -3.21. The van der Waals surface area contributed by atoms with Crippen LogP contribution in [0.5, 0.6) is 5.75 Å². The largest absolute Gasteiger partial charge is 0.495 e. The number of rotatable bonds is 10. The lowest BCUT2D eigenvalue weighted by molar-refractivity contribution is -0.119. The Labute approximate surface area is 244 Å². The Morgan fingerprint density at radius 3 is 2.88 bits per heavy atom. The zero-order valence-corrected chi connectivity index (χ0v) is 25.1. The molecule has 3 heterocycles. The molecule has 3 N–H and O–H groups in total. The van der Waals surface area contributed by atoms with Gasteiger partial charge < -0.3 is 30.3 Å². The van der Waals surface area contributed by atoms with Gasteiger partial charge in [-0.25, -0.2) is 4.98 Å². The fourth-order valence-electron chi connectivity index (χ4n) is 5.65. The highest BCUT2D eigenvalue weighted by Crippen LogP contribution is 2.40. The van der Waals surface area contributed by atoms with Crippen molar-refractivity contribution in [1.29, 1.82) is 0 Å². The van der Waals surface area contributed by atoms with E-state index in [4.69, 9.17) is 14.5 Å². The lowest BCUT2D eigenvalue weighted by atomic mass is 9.83. The SMILES string of the molecule is COCCN1CCCC(c2ccc(Nc3ncc(Br)c(NCc4cccc5c4C(C)(C)C(=O)N5)n3)c(OC)c2)C1. The van der Waals surface area contributed by atoms with Crippen molar-refractivity contribution in [3.05, 3.63) is 63.8 Å². The molecule has 5 rings (SSSR count). The van der Waals surface area contributed by atoms with E-state index >= 15 is 0 Å². The molecular weight excluding hydrogens is 572 g/mol. The molecule has 0 bridgehead atoms. The summed E-state index contributed by atoms with van der Waals surface area (Å²) in [5.74, 6) is 2.33. The van der Waals surface area contributed by atoms with Gasteiger partial charge in [-0.2, -0.15) is 4.98 Å². The van der Waals surface area contributed by atoms with Gasteiger partial charge in [-0.15, -0.1) is 0 Å². The van der Waals surface area contributed by atoms with Crippen LogP contribution in [0.25, 0.3) is 0 Å². The van der Waals surface area contributed by atoms with Crippen LogP contribution in [0.3, 0.4) is 0 Å². The number of fused-ring (bicyclic) bond motifs is 1. The van der Waals surface area contributed by atoms with Crippen LogP contribution in [0.4, 0.5) is 23.1 Å². The van der Waals surface area contributed by atoms with E-state index in [1.165, 1.54) is 12.0 Å². The van der Waals surface area contributed by atoms with Gasteiger partial charge in [-0.05, 0) is 90.0 Å². The maximum atomic E-state index is 12.5. The second kappa shape index (κ2) is 12.1. The molecule has 1 unspecified atom stereocenters. The number of hydrogen-bond donors (Lipinski definition) is 3. The highest BCUT2D eigenvalue weighted by atomic mass is 79.9. The number of carbonyl (C=O) groups is 1. The van der Waals surface area contributed by atoms with E-state index in [1.54, 1.807) is 20.4 Å².